The van der Waals surface area contributed by atoms with Gasteiger partial charge in [0.15, 0.2) is 11.5 Å². The van der Waals surface area contributed by atoms with Crippen LogP contribution in [0.25, 0.3) is 16.7 Å². The number of para-hydroxylation sites is 1. The molecule has 3 rings (SSSR count). The summed E-state index contributed by atoms with van der Waals surface area (Å²) in [7, 11) is 1.64. The van der Waals surface area contributed by atoms with Crippen molar-refractivity contribution in [2.75, 3.05) is 7.05 Å². The summed E-state index contributed by atoms with van der Waals surface area (Å²) in [5.74, 6) is -1.30. The van der Waals surface area contributed by atoms with E-state index in [-0.39, 0.29) is 11.5 Å². The van der Waals surface area contributed by atoms with Gasteiger partial charge >= 0.3 is 5.97 Å². The first-order valence-corrected chi connectivity index (χ1v) is 7.03. The lowest BCUT2D eigenvalue weighted by Gasteiger charge is -2.25. The van der Waals surface area contributed by atoms with E-state index in [1.807, 2.05) is 35.8 Å². The molecule has 1 aromatic heterocycles. The number of aryl methyl sites for hydroxylation is 1. The van der Waals surface area contributed by atoms with E-state index in [2.05, 4.69) is 0 Å². The van der Waals surface area contributed by atoms with Crippen LogP contribution in [0.4, 0.5) is 0 Å². The molecule has 1 aliphatic heterocycles. The van der Waals surface area contributed by atoms with E-state index in [4.69, 9.17) is 0 Å². The Morgan fingerprint density at radius 1 is 1.35 bits per heavy atom. The molecule has 0 amide bonds. The fraction of sp³-hybridized carbons (Fsp3) is 0.214. The number of aliphatic hydroxyl groups excluding tert-OH is 1. The van der Waals surface area contributed by atoms with Crippen molar-refractivity contribution in [1.82, 2.24) is 8.87 Å². The molecule has 0 fully saturated rings. The van der Waals surface area contributed by atoms with E-state index in [0.29, 0.717) is 12.2 Å². The smallest absolute Gasteiger partial charge is 0.357 e. The van der Waals surface area contributed by atoms with Crippen LogP contribution < -0.4 is 0 Å². The van der Waals surface area contributed by atoms with Crippen LogP contribution in [0.5, 0.6) is 0 Å². The van der Waals surface area contributed by atoms with E-state index in [9.17, 15) is 15.0 Å². The molecule has 0 aliphatic carbocycles. The van der Waals surface area contributed by atoms with Gasteiger partial charge in [-0.05, 0) is 24.9 Å². The van der Waals surface area contributed by atoms with Gasteiger partial charge in [0.25, 0.3) is 0 Å². The Bertz CT molecular complexity index is 748. The zero-order chi connectivity index (χ0) is 14.4. The molecular weight excluding hydrogens is 276 g/mol. The molecule has 0 unspecified atom stereocenters. The van der Waals surface area contributed by atoms with Crippen LogP contribution in [0.15, 0.2) is 34.9 Å². The van der Waals surface area contributed by atoms with E-state index in [1.165, 1.54) is 16.3 Å². The maximum atomic E-state index is 11.3. The van der Waals surface area contributed by atoms with E-state index in [1.54, 1.807) is 7.05 Å². The molecule has 1 aromatic carbocycles. The second-order valence-corrected chi connectivity index (χ2v) is 5.67. The third kappa shape index (κ3) is 1.61. The second-order valence-electron chi connectivity index (χ2n) is 4.53. The van der Waals surface area contributed by atoms with Crippen molar-refractivity contribution < 1.29 is 15.0 Å². The van der Waals surface area contributed by atoms with E-state index >= 15 is 0 Å². The number of hydrogen-bond donors (Lipinski definition) is 2. The molecule has 0 saturated heterocycles. The average molecular weight is 290 g/mol. The van der Waals surface area contributed by atoms with Crippen LogP contribution in [-0.4, -0.2) is 32.1 Å². The summed E-state index contributed by atoms with van der Waals surface area (Å²) in [5.41, 5.74) is 1.51. The van der Waals surface area contributed by atoms with Gasteiger partial charge in [0.1, 0.15) is 5.69 Å². The van der Waals surface area contributed by atoms with Crippen molar-refractivity contribution in [3.8, 4) is 0 Å². The largest absolute Gasteiger partial charge is 0.504 e. The highest BCUT2D eigenvalue weighted by Crippen LogP contribution is 2.44. The van der Waals surface area contributed by atoms with Crippen molar-refractivity contribution >= 4 is 34.6 Å². The standard InChI is InChI=1S/C14H14N2O3S/c1-3-16-9-7-5-4-6-8(9)13-10(16)12(17)11(14(18)19)15(2)20-13/h4-7,17H,3H2,1-2H3,(H,18,19). The highest BCUT2D eigenvalue weighted by Gasteiger charge is 2.32. The van der Waals surface area contributed by atoms with Crippen LogP contribution in [0.3, 0.4) is 0 Å². The molecule has 2 aromatic rings. The van der Waals surface area contributed by atoms with Crippen molar-refractivity contribution in [3.05, 3.63) is 35.7 Å². The van der Waals surface area contributed by atoms with Crippen molar-refractivity contribution in [2.24, 2.45) is 0 Å². The van der Waals surface area contributed by atoms with E-state index < -0.39 is 5.97 Å². The third-order valence-electron chi connectivity index (χ3n) is 3.43. The summed E-state index contributed by atoms with van der Waals surface area (Å²) < 4.78 is 3.44. The molecular formula is C14H14N2O3S. The topological polar surface area (TPSA) is 65.7 Å². The lowest BCUT2D eigenvalue weighted by molar-refractivity contribution is -0.133. The molecule has 6 heteroatoms. The Balaban J connectivity index is 2.41. The zero-order valence-corrected chi connectivity index (χ0v) is 11.9. The average Bonchev–Trinajstić information content (AvgIpc) is 2.72. The first kappa shape index (κ1) is 12.9. The number of nitrogens with zero attached hydrogens (tertiary/aromatic N) is 2. The quantitative estimate of drug-likeness (QED) is 0.832. The Morgan fingerprint density at radius 2 is 2.05 bits per heavy atom. The molecule has 104 valence electrons. The highest BCUT2D eigenvalue weighted by atomic mass is 32.2. The number of carbonyl (C=O) groups is 1. The lowest BCUT2D eigenvalue weighted by atomic mass is 10.2. The van der Waals surface area contributed by atoms with Gasteiger partial charge in [-0.2, -0.15) is 0 Å². The first-order chi connectivity index (χ1) is 9.56. The number of benzene rings is 1. The summed E-state index contributed by atoms with van der Waals surface area (Å²) >= 11 is 1.33. The summed E-state index contributed by atoms with van der Waals surface area (Å²) in [5, 5.41) is 20.7. The van der Waals surface area contributed by atoms with Gasteiger partial charge in [-0.3, -0.25) is 0 Å². The van der Waals surface area contributed by atoms with Crippen LogP contribution in [0.1, 0.15) is 12.6 Å². The zero-order valence-electron chi connectivity index (χ0n) is 11.1. The number of fused-ring (bicyclic) bond motifs is 3. The molecule has 0 saturated carbocycles. The van der Waals surface area contributed by atoms with Gasteiger partial charge in [0, 0.05) is 24.5 Å². The van der Waals surface area contributed by atoms with Gasteiger partial charge in [-0.25, -0.2) is 4.79 Å². The number of aromatic nitrogens is 1. The summed E-state index contributed by atoms with van der Waals surface area (Å²) in [6, 6.07) is 7.84. The normalized spacial score (nSPS) is 14.8. The minimum absolute atomic E-state index is 0.0833. The molecule has 0 atom stereocenters. The SMILES string of the molecule is CCn1c2c(c3ccccc31)SN(C)C(C(=O)O)=C2O. The lowest BCUT2D eigenvalue weighted by Crippen LogP contribution is -2.23. The maximum Gasteiger partial charge on any atom is 0.357 e. The minimum Gasteiger partial charge on any atom is -0.504 e. The first-order valence-electron chi connectivity index (χ1n) is 6.26. The van der Waals surface area contributed by atoms with Crippen molar-refractivity contribution in [1.29, 1.82) is 0 Å². The van der Waals surface area contributed by atoms with Crippen LogP contribution in [-0.2, 0) is 11.3 Å². The predicted octanol–water partition coefficient (Wildman–Crippen LogP) is 2.92. The van der Waals surface area contributed by atoms with Gasteiger partial charge in [-0.15, -0.1) is 0 Å². The van der Waals surface area contributed by atoms with Gasteiger partial charge in [0.2, 0.25) is 0 Å². The molecule has 2 heterocycles. The number of rotatable bonds is 2. The molecule has 0 spiro atoms. The predicted molar refractivity (Wildman–Crippen MR) is 78.4 cm³/mol. The Labute approximate surface area is 120 Å². The molecule has 1 aliphatic rings. The molecule has 0 radical (unpaired) electrons. The van der Waals surface area contributed by atoms with Gasteiger partial charge in [0.05, 0.1) is 4.90 Å². The number of likely N-dealkylation sites (N-methyl/N-ethyl adjacent to an activating group) is 1. The van der Waals surface area contributed by atoms with Crippen LogP contribution >= 0.6 is 11.9 Å². The minimum atomic E-state index is -1.13. The van der Waals surface area contributed by atoms with Gasteiger partial charge in [-0.1, -0.05) is 18.2 Å². The Kier molecular flexibility index (Phi) is 2.90. The van der Waals surface area contributed by atoms with Crippen LogP contribution in [0, 0.1) is 0 Å². The van der Waals surface area contributed by atoms with Crippen LogP contribution in [0.2, 0.25) is 0 Å². The summed E-state index contributed by atoms with van der Waals surface area (Å²) in [4.78, 5) is 12.2. The fourth-order valence-corrected chi connectivity index (χ4v) is 3.70. The second kappa shape index (κ2) is 4.49. The highest BCUT2D eigenvalue weighted by molar-refractivity contribution is 7.97. The summed E-state index contributed by atoms with van der Waals surface area (Å²) in [6.45, 7) is 2.64. The van der Waals surface area contributed by atoms with Crippen molar-refractivity contribution in [2.45, 2.75) is 18.4 Å². The number of carboxylic acids is 1. The molecule has 20 heavy (non-hydrogen) atoms. The molecule has 2 N–H and O–H groups in total. The maximum absolute atomic E-state index is 11.3. The monoisotopic (exact) mass is 290 g/mol. The molecule has 0 bridgehead atoms. The number of aliphatic carboxylic acids is 1. The number of carboxylic acid groups (broad SMARTS) is 1. The van der Waals surface area contributed by atoms with Crippen molar-refractivity contribution in [3.63, 3.8) is 0 Å². The number of aliphatic hydroxyl groups is 1. The van der Waals surface area contributed by atoms with Gasteiger partial charge < -0.3 is 19.1 Å². The summed E-state index contributed by atoms with van der Waals surface area (Å²) in [6.07, 6.45) is 0. The molecule has 5 nitrogen and oxygen atoms in total. The Morgan fingerprint density at radius 3 is 2.70 bits per heavy atom. The Hall–Kier alpha value is -2.08. The van der Waals surface area contributed by atoms with E-state index in [0.717, 1.165) is 15.8 Å². The number of hydrogen-bond acceptors (Lipinski definition) is 4. The fourth-order valence-electron chi connectivity index (χ4n) is 2.61. The third-order valence-corrected chi connectivity index (χ3v) is 4.49.